The molecule has 0 unspecified atom stereocenters. The summed E-state index contributed by atoms with van der Waals surface area (Å²) in [6, 6.07) is 3.89. The second-order valence-electron chi connectivity index (χ2n) is 3.13. The lowest BCUT2D eigenvalue weighted by atomic mass is 10.1. The van der Waals surface area contributed by atoms with Crippen LogP contribution in [0.2, 0.25) is 5.02 Å². The van der Waals surface area contributed by atoms with Crippen LogP contribution in [0.4, 0.5) is 4.39 Å². The molecule has 0 amide bonds. The third kappa shape index (κ3) is 2.84. The number of hydrogen-bond donors (Lipinski definition) is 2. The van der Waals surface area contributed by atoms with E-state index < -0.39 is 23.2 Å². The maximum absolute atomic E-state index is 13.6. The number of nitrogens with one attached hydrogen (secondary N) is 1. The van der Waals surface area contributed by atoms with Crippen molar-refractivity contribution in [2.75, 3.05) is 6.61 Å². The number of rotatable bonds is 4. The van der Waals surface area contributed by atoms with Crippen LogP contribution in [0.15, 0.2) is 29.0 Å². The van der Waals surface area contributed by atoms with Crippen LogP contribution in [0.3, 0.4) is 0 Å². The Morgan fingerprint density at radius 2 is 2.28 bits per heavy atom. The van der Waals surface area contributed by atoms with E-state index >= 15 is 0 Å². The van der Waals surface area contributed by atoms with Crippen molar-refractivity contribution in [1.29, 1.82) is 5.53 Å². The zero-order valence-corrected chi connectivity index (χ0v) is 10.2. The molecule has 0 atom stereocenters. The van der Waals surface area contributed by atoms with Crippen LogP contribution in [-0.4, -0.2) is 17.7 Å². The van der Waals surface area contributed by atoms with Crippen LogP contribution in [0, 0.1) is 11.3 Å². The highest BCUT2D eigenvalue weighted by Gasteiger charge is 2.20. The molecule has 0 bridgehead atoms. The lowest BCUT2D eigenvalue weighted by Gasteiger charge is -2.06. The molecule has 0 aliphatic rings. The van der Waals surface area contributed by atoms with Gasteiger partial charge in [0.2, 0.25) is 5.70 Å². The number of aliphatic hydroxyl groups excluding tert-OH is 1. The monoisotopic (exact) mass is 272 g/mol. The maximum atomic E-state index is 13.6. The van der Waals surface area contributed by atoms with E-state index in [0.29, 0.717) is 0 Å². The van der Waals surface area contributed by atoms with Crippen molar-refractivity contribution in [1.82, 2.24) is 0 Å². The van der Waals surface area contributed by atoms with Gasteiger partial charge in [0.05, 0.1) is 17.2 Å². The van der Waals surface area contributed by atoms with Gasteiger partial charge in [0.15, 0.2) is 11.6 Å². The lowest BCUT2D eigenvalue weighted by molar-refractivity contribution is -0.138. The van der Waals surface area contributed by atoms with Crippen molar-refractivity contribution in [3.63, 3.8) is 0 Å². The van der Waals surface area contributed by atoms with Gasteiger partial charge in [0.25, 0.3) is 0 Å². The summed E-state index contributed by atoms with van der Waals surface area (Å²) in [5.74, 6) is -2.70. The van der Waals surface area contributed by atoms with Gasteiger partial charge in [-0.2, -0.15) is 0 Å². The summed E-state index contributed by atoms with van der Waals surface area (Å²) >= 11 is 5.54. The Hall–Kier alpha value is -1.95. The highest BCUT2D eigenvalue weighted by atomic mass is 35.5. The molecule has 0 radical (unpaired) electrons. The fraction of sp³-hybridized carbons (Fsp3) is 0.182. The number of benzene rings is 1. The molecular formula is C11H10ClFN2O3. The van der Waals surface area contributed by atoms with Gasteiger partial charge in [-0.15, -0.1) is 5.11 Å². The normalized spacial score (nSPS) is 11.7. The van der Waals surface area contributed by atoms with E-state index in [0.717, 1.165) is 0 Å². The van der Waals surface area contributed by atoms with Crippen molar-refractivity contribution >= 4 is 23.3 Å². The minimum atomic E-state index is -1.01. The molecule has 2 N–H and O–H groups in total. The molecule has 1 rings (SSSR count). The first-order valence-corrected chi connectivity index (χ1v) is 5.32. The summed E-state index contributed by atoms with van der Waals surface area (Å²) in [7, 11) is 0. The first kappa shape index (κ1) is 14.1. The third-order valence-electron chi connectivity index (χ3n) is 2.01. The molecule has 0 spiro atoms. The van der Waals surface area contributed by atoms with E-state index in [1.807, 2.05) is 0 Å². The Balaban J connectivity index is 3.31. The summed E-state index contributed by atoms with van der Waals surface area (Å²) in [5.41, 5.74) is 5.82. The van der Waals surface area contributed by atoms with Gasteiger partial charge in [0.1, 0.15) is 0 Å². The fourth-order valence-corrected chi connectivity index (χ4v) is 1.38. The molecular weight excluding hydrogens is 263 g/mol. The van der Waals surface area contributed by atoms with E-state index in [-0.39, 0.29) is 17.2 Å². The van der Waals surface area contributed by atoms with E-state index in [9.17, 15) is 14.3 Å². The number of aliphatic hydroxyl groups is 1. The smallest absolute Gasteiger partial charge is 0.362 e. The predicted molar refractivity (Wildman–Crippen MR) is 62.7 cm³/mol. The Kier molecular flexibility index (Phi) is 4.79. The third-order valence-corrected chi connectivity index (χ3v) is 2.30. The topological polar surface area (TPSA) is 82.7 Å². The minimum Gasteiger partial charge on any atom is -0.505 e. The Labute approximate surface area is 107 Å². The van der Waals surface area contributed by atoms with Gasteiger partial charge in [-0.05, 0) is 19.1 Å². The number of hydrogen-bond acceptors (Lipinski definition) is 5. The molecule has 0 aliphatic heterocycles. The molecule has 1 aromatic rings. The lowest BCUT2D eigenvalue weighted by Crippen LogP contribution is -2.08. The van der Waals surface area contributed by atoms with Gasteiger partial charge < -0.3 is 9.84 Å². The van der Waals surface area contributed by atoms with E-state index in [1.54, 1.807) is 6.92 Å². The molecule has 18 heavy (non-hydrogen) atoms. The van der Waals surface area contributed by atoms with Crippen LogP contribution in [0.1, 0.15) is 12.5 Å². The number of halogens is 2. The number of ether oxygens (including phenoxy) is 1. The zero-order valence-electron chi connectivity index (χ0n) is 9.41. The molecule has 96 valence electrons. The first-order valence-electron chi connectivity index (χ1n) is 4.95. The van der Waals surface area contributed by atoms with E-state index in [2.05, 4.69) is 9.85 Å². The van der Waals surface area contributed by atoms with Gasteiger partial charge in [-0.3, -0.25) is 0 Å². The summed E-state index contributed by atoms with van der Waals surface area (Å²) in [5, 5.41) is 12.4. The second-order valence-corrected chi connectivity index (χ2v) is 3.54. The number of carbonyl (C=O) groups excluding carboxylic acids is 1. The predicted octanol–water partition coefficient (Wildman–Crippen LogP) is 3.30. The van der Waals surface area contributed by atoms with Crippen molar-refractivity contribution < 1.29 is 19.0 Å². The Morgan fingerprint density at radius 1 is 1.61 bits per heavy atom. The average molecular weight is 273 g/mol. The molecule has 7 heteroatoms. The van der Waals surface area contributed by atoms with Crippen molar-refractivity contribution in [3.05, 3.63) is 40.3 Å². The van der Waals surface area contributed by atoms with Crippen LogP contribution in [-0.2, 0) is 9.53 Å². The largest absolute Gasteiger partial charge is 0.505 e. The van der Waals surface area contributed by atoms with E-state index in [4.69, 9.17) is 17.1 Å². The van der Waals surface area contributed by atoms with Gasteiger partial charge >= 0.3 is 5.97 Å². The standard InChI is InChI=1S/C11H10ClFN2O3/c1-2-18-11(17)9(15-14)10(16)6-4-3-5-7(12)8(6)13/h3-5,14,16H,2H2,1H3. The SMILES string of the molecule is CCOC(=O)C(N=N)=C(O)c1cccc(Cl)c1F. The summed E-state index contributed by atoms with van der Waals surface area (Å²) < 4.78 is 18.2. The van der Waals surface area contributed by atoms with Gasteiger partial charge in [-0.25, -0.2) is 14.7 Å². The molecule has 0 saturated heterocycles. The fourth-order valence-electron chi connectivity index (χ4n) is 1.21. The Bertz CT molecular complexity index is 517. The van der Waals surface area contributed by atoms with Crippen LogP contribution >= 0.6 is 11.6 Å². The minimum absolute atomic E-state index is 0.0448. The molecule has 0 aliphatic carbocycles. The summed E-state index contributed by atoms with van der Waals surface area (Å²) in [6.45, 7) is 1.60. The highest BCUT2D eigenvalue weighted by molar-refractivity contribution is 6.30. The highest BCUT2D eigenvalue weighted by Crippen LogP contribution is 2.25. The van der Waals surface area contributed by atoms with Crippen LogP contribution < -0.4 is 0 Å². The number of nitrogens with zero attached hydrogens (tertiary/aromatic N) is 1. The van der Waals surface area contributed by atoms with Gasteiger partial charge in [0, 0.05) is 0 Å². The Morgan fingerprint density at radius 3 is 2.83 bits per heavy atom. The van der Waals surface area contributed by atoms with E-state index in [1.165, 1.54) is 18.2 Å². The van der Waals surface area contributed by atoms with Crippen LogP contribution in [0.25, 0.3) is 5.76 Å². The maximum Gasteiger partial charge on any atom is 0.362 e. The molecule has 1 aromatic carbocycles. The summed E-state index contributed by atoms with van der Waals surface area (Å²) in [6.07, 6.45) is 0. The number of esters is 1. The quantitative estimate of drug-likeness (QED) is 0.382. The summed E-state index contributed by atoms with van der Waals surface area (Å²) in [4.78, 5) is 11.4. The molecule has 5 nitrogen and oxygen atoms in total. The molecule has 0 saturated carbocycles. The van der Waals surface area contributed by atoms with Crippen molar-refractivity contribution in [2.45, 2.75) is 6.92 Å². The number of carbonyl (C=O) groups is 1. The second kappa shape index (κ2) is 6.11. The zero-order chi connectivity index (χ0) is 13.7. The molecule has 0 fully saturated rings. The van der Waals surface area contributed by atoms with Gasteiger partial charge in [-0.1, -0.05) is 17.7 Å². The van der Waals surface area contributed by atoms with Crippen LogP contribution in [0.5, 0.6) is 0 Å². The molecule has 0 aromatic heterocycles. The average Bonchev–Trinajstić information content (AvgIpc) is 2.33. The van der Waals surface area contributed by atoms with Crippen molar-refractivity contribution in [3.8, 4) is 0 Å². The first-order chi connectivity index (χ1) is 8.52. The molecule has 0 heterocycles. The van der Waals surface area contributed by atoms with Crippen molar-refractivity contribution in [2.24, 2.45) is 5.11 Å².